The van der Waals surface area contributed by atoms with Gasteiger partial charge in [-0.05, 0) is 41.7 Å². The van der Waals surface area contributed by atoms with E-state index < -0.39 is 0 Å². The molecule has 1 N–H and O–H groups in total. The fourth-order valence-corrected chi connectivity index (χ4v) is 3.38. The average molecular weight is 366 g/mol. The van der Waals surface area contributed by atoms with Gasteiger partial charge in [0.1, 0.15) is 0 Å². The number of hydrogen-bond donors (Lipinski definition) is 1. The topological polar surface area (TPSA) is 96.1 Å². The zero-order valence-corrected chi connectivity index (χ0v) is 15.3. The summed E-state index contributed by atoms with van der Waals surface area (Å²) in [5.41, 5.74) is 3.30. The van der Waals surface area contributed by atoms with Crippen LogP contribution >= 0.6 is 0 Å². The van der Waals surface area contributed by atoms with E-state index in [4.69, 9.17) is 4.63 Å². The van der Waals surface area contributed by atoms with E-state index in [1.54, 1.807) is 0 Å². The highest BCUT2D eigenvalue weighted by Crippen LogP contribution is 2.30. The molecule has 2 aliphatic rings. The SMILES string of the molecule is Cc1cccnc1CN1CCN(c2nc3nonc3nc2NC2CC2)CC1. The van der Waals surface area contributed by atoms with Crippen LogP contribution in [-0.2, 0) is 6.54 Å². The van der Waals surface area contributed by atoms with Crippen molar-refractivity contribution in [3.63, 3.8) is 0 Å². The molecule has 3 aromatic heterocycles. The lowest BCUT2D eigenvalue weighted by atomic mass is 10.2. The molecule has 0 aromatic carbocycles. The van der Waals surface area contributed by atoms with Crippen LogP contribution in [0.15, 0.2) is 23.0 Å². The summed E-state index contributed by atoms with van der Waals surface area (Å²) in [6.45, 7) is 6.68. The van der Waals surface area contributed by atoms with E-state index in [0.717, 1.165) is 50.1 Å². The van der Waals surface area contributed by atoms with Crippen molar-refractivity contribution in [3.8, 4) is 0 Å². The van der Waals surface area contributed by atoms with Crippen molar-refractivity contribution in [2.24, 2.45) is 0 Å². The molecule has 4 heterocycles. The van der Waals surface area contributed by atoms with Crippen molar-refractivity contribution in [1.82, 2.24) is 30.2 Å². The van der Waals surface area contributed by atoms with Gasteiger partial charge >= 0.3 is 0 Å². The zero-order chi connectivity index (χ0) is 18.2. The molecule has 9 nitrogen and oxygen atoms in total. The van der Waals surface area contributed by atoms with E-state index in [-0.39, 0.29) is 0 Å². The number of rotatable bonds is 5. The summed E-state index contributed by atoms with van der Waals surface area (Å²) in [6.07, 6.45) is 4.21. The van der Waals surface area contributed by atoms with Gasteiger partial charge in [-0.3, -0.25) is 9.88 Å². The van der Waals surface area contributed by atoms with E-state index in [1.807, 2.05) is 12.3 Å². The Morgan fingerprint density at radius 2 is 1.89 bits per heavy atom. The van der Waals surface area contributed by atoms with Gasteiger partial charge < -0.3 is 10.2 Å². The molecule has 140 valence electrons. The normalized spacial score (nSPS) is 18.2. The standard InChI is InChI=1S/C18H22N8O/c1-12-3-2-6-19-14(12)11-25-7-9-26(10-8-25)18-17(20-13-4-5-13)21-15-16(22-18)24-27-23-15/h2-3,6,13H,4-5,7-11H2,1H3,(H,20,21,23). The highest BCUT2D eigenvalue weighted by molar-refractivity contribution is 5.74. The van der Waals surface area contributed by atoms with E-state index in [2.05, 4.69) is 53.4 Å². The number of piperazine rings is 1. The number of nitrogens with one attached hydrogen (secondary N) is 1. The Balaban J connectivity index is 1.32. The van der Waals surface area contributed by atoms with Crippen molar-refractivity contribution in [3.05, 3.63) is 29.6 Å². The number of pyridine rings is 1. The highest BCUT2D eigenvalue weighted by atomic mass is 16.6. The first-order valence-electron chi connectivity index (χ1n) is 9.41. The van der Waals surface area contributed by atoms with Crippen molar-refractivity contribution in [1.29, 1.82) is 0 Å². The fourth-order valence-electron chi connectivity index (χ4n) is 3.38. The van der Waals surface area contributed by atoms with Crippen LogP contribution < -0.4 is 10.2 Å². The number of nitrogens with zero attached hydrogens (tertiary/aromatic N) is 7. The molecule has 2 fully saturated rings. The molecule has 3 aromatic rings. The third-order valence-corrected chi connectivity index (χ3v) is 5.18. The van der Waals surface area contributed by atoms with Gasteiger partial charge in [0.2, 0.25) is 11.3 Å². The zero-order valence-electron chi connectivity index (χ0n) is 15.3. The number of aryl methyl sites for hydroxylation is 1. The predicted octanol–water partition coefficient (Wildman–Crippen LogP) is 1.61. The molecule has 1 aliphatic heterocycles. The quantitative estimate of drug-likeness (QED) is 0.722. The van der Waals surface area contributed by atoms with Gasteiger partial charge in [0.25, 0.3) is 0 Å². The highest BCUT2D eigenvalue weighted by Gasteiger charge is 2.27. The lowest BCUT2D eigenvalue weighted by Gasteiger charge is -2.35. The molecule has 0 atom stereocenters. The second-order valence-corrected chi connectivity index (χ2v) is 7.26. The molecule has 1 saturated heterocycles. The fraction of sp³-hybridized carbons (Fsp3) is 0.500. The van der Waals surface area contributed by atoms with E-state index in [9.17, 15) is 0 Å². The van der Waals surface area contributed by atoms with Gasteiger partial charge in [-0.25, -0.2) is 14.6 Å². The summed E-state index contributed by atoms with van der Waals surface area (Å²) in [5, 5.41) is 11.2. The first-order chi connectivity index (χ1) is 13.3. The van der Waals surface area contributed by atoms with Crippen LogP contribution in [0.2, 0.25) is 0 Å². The first-order valence-corrected chi connectivity index (χ1v) is 9.41. The first kappa shape index (κ1) is 16.4. The smallest absolute Gasteiger partial charge is 0.245 e. The van der Waals surface area contributed by atoms with Crippen LogP contribution in [0.4, 0.5) is 11.6 Å². The van der Waals surface area contributed by atoms with Gasteiger partial charge in [0.05, 0.1) is 5.69 Å². The lowest BCUT2D eigenvalue weighted by Crippen LogP contribution is -2.46. The van der Waals surface area contributed by atoms with E-state index in [1.165, 1.54) is 18.4 Å². The molecular formula is C18H22N8O. The summed E-state index contributed by atoms with van der Waals surface area (Å²) in [6, 6.07) is 4.59. The van der Waals surface area contributed by atoms with E-state index in [0.29, 0.717) is 17.3 Å². The van der Waals surface area contributed by atoms with Crippen LogP contribution in [0.5, 0.6) is 0 Å². The van der Waals surface area contributed by atoms with Crippen LogP contribution in [0, 0.1) is 6.92 Å². The van der Waals surface area contributed by atoms with Gasteiger partial charge in [0, 0.05) is 45.0 Å². The second kappa shape index (κ2) is 6.73. The Bertz CT molecular complexity index is 945. The van der Waals surface area contributed by atoms with Crippen molar-refractivity contribution in [2.75, 3.05) is 36.4 Å². The minimum absolute atomic E-state index is 0.450. The molecule has 0 spiro atoms. The van der Waals surface area contributed by atoms with Crippen LogP contribution in [0.1, 0.15) is 24.1 Å². The number of aromatic nitrogens is 5. The van der Waals surface area contributed by atoms with Gasteiger partial charge in [0.15, 0.2) is 11.6 Å². The molecular weight excluding hydrogens is 344 g/mol. The summed E-state index contributed by atoms with van der Waals surface area (Å²) in [7, 11) is 0. The predicted molar refractivity (Wildman–Crippen MR) is 101 cm³/mol. The number of hydrogen-bond acceptors (Lipinski definition) is 9. The number of fused-ring (bicyclic) bond motifs is 1. The third-order valence-electron chi connectivity index (χ3n) is 5.18. The lowest BCUT2D eigenvalue weighted by molar-refractivity contribution is 0.246. The monoisotopic (exact) mass is 366 g/mol. The summed E-state index contributed by atoms with van der Waals surface area (Å²) in [5.74, 6) is 1.63. The largest absolute Gasteiger partial charge is 0.364 e. The van der Waals surface area contributed by atoms with Crippen molar-refractivity contribution >= 4 is 22.9 Å². The maximum Gasteiger partial charge on any atom is 0.245 e. The Kier molecular flexibility index (Phi) is 4.08. The average Bonchev–Trinajstić information content (AvgIpc) is 3.38. The molecule has 1 aliphatic carbocycles. The van der Waals surface area contributed by atoms with E-state index >= 15 is 0 Å². The maximum absolute atomic E-state index is 4.79. The van der Waals surface area contributed by atoms with Crippen LogP contribution in [0.3, 0.4) is 0 Å². The molecule has 0 amide bonds. The molecule has 0 radical (unpaired) electrons. The van der Waals surface area contributed by atoms with Crippen molar-refractivity contribution in [2.45, 2.75) is 32.4 Å². The molecule has 0 bridgehead atoms. The molecule has 27 heavy (non-hydrogen) atoms. The summed E-state index contributed by atoms with van der Waals surface area (Å²) in [4.78, 5) is 18.5. The van der Waals surface area contributed by atoms with Crippen LogP contribution in [-0.4, -0.2) is 62.4 Å². The Morgan fingerprint density at radius 3 is 2.63 bits per heavy atom. The summed E-state index contributed by atoms with van der Waals surface area (Å²) < 4.78 is 4.79. The van der Waals surface area contributed by atoms with Crippen molar-refractivity contribution < 1.29 is 4.63 Å². The molecule has 0 unspecified atom stereocenters. The minimum Gasteiger partial charge on any atom is -0.364 e. The maximum atomic E-state index is 4.79. The molecule has 1 saturated carbocycles. The second-order valence-electron chi connectivity index (χ2n) is 7.26. The Morgan fingerprint density at radius 1 is 1.11 bits per heavy atom. The minimum atomic E-state index is 0.450. The van der Waals surface area contributed by atoms with Gasteiger partial charge in [-0.1, -0.05) is 6.07 Å². The molecule has 5 rings (SSSR count). The molecule has 9 heteroatoms. The third kappa shape index (κ3) is 3.42. The summed E-state index contributed by atoms with van der Waals surface area (Å²) >= 11 is 0. The van der Waals surface area contributed by atoms with Crippen LogP contribution in [0.25, 0.3) is 11.3 Å². The number of anilines is 2. The Hall–Kier alpha value is -2.81. The van der Waals surface area contributed by atoms with Gasteiger partial charge in [-0.15, -0.1) is 0 Å². The Labute approximate surface area is 156 Å². The van der Waals surface area contributed by atoms with Gasteiger partial charge in [-0.2, -0.15) is 0 Å².